The highest BCUT2D eigenvalue weighted by molar-refractivity contribution is 6.21. The molecule has 3 N–H and O–H groups in total. The first-order valence-electron chi connectivity index (χ1n) is 17.2. The number of hydrogen-bond donors (Lipinski definition) is 3. The molecule has 0 amide bonds. The highest BCUT2D eigenvalue weighted by atomic mass is 16.3. The van der Waals surface area contributed by atoms with Gasteiger partial charge < -0.3 is 8.98 Å². The van der Waals surface area contributed by atoms with Crippen molar-refractivity contribution in [2.45, 2.75) is 18.5 Å². The van der Waals surface area contributed by atoms with Gasteiger partial charge in [0.2, 0.25) is 0 Å². The van der Waals surface area contributed by atoms with Crippen molar-refractivity contribution in [1.29, 1.82) is 0 Å². The smallest absolute Gasteiger partial charge is 0.160 e. The van der Waals surface area contributed by atoms with E-state index in [2.05, 4.69) is 184 Å². The second-order valence-corrected chi connectivity index (χ2v) is 13.1. The van der Waals surface area contributed by atoms with Crippen LogP contribution in [0.25, 0.3) is 60.6 Å². The largest absolute Gasteiger partial charge is 0.454 e. The molecule has 0 aliphatic carbocycles. The Hall–Kier alpha value is -5.98. The number of nitrogens with one attached hydrogen (secondary N) is 3. The predicted molar refractivity (Wildman–Crippen MR) is 204 cm³/mol. The summed E-state index contributed by atoms with van der Waals surface area (Å²) in [5, 5.41) is 16.3. The molecular weight excluding hydrogens is 613 g/mol. The number of furan rings is 1. The van der Waals surface area contributed by atoms with Crippen molar-refractivity contribution in [3.8, 4) is 16.8 Å². The van der Waals surface area contributed by atoms with Gasteiger partial charge in [-0.1, -0.05) is 133 Å². The van der Waals surface area contributed by atoms with Gasteiger partial charge in [-0.3, -0.25) is 16.0 Å². The molecule has 1 aliphatic rings. The van der Waals surface area contributed by atoms with Gasteiger partial charge in [-0.15, -0.1) is 0 Å². The van der Waals surface area contributed by atoms with Crippen LogP contribution in [0.5, 0.6) is 0 Å². The second-order valence-electron chi connectivity index (χ2n) is 13.1. The second kappa shape index (κ2) is 11.9. The summed E-state index contributed by atoms with van der Waals surface area (Å²) in [6.07, 6.45) is -0.298. The van der Waals surface area contributed by atoms with Crippen LogP contribution in [0.2, 0.25) is 0 Å². The maximum atomic E-state index is 6.62. The lowest BCUT2D eigenvalue weighted by atomic mass is 10.00. The van der Waals surface area contributed by atoms with E-state index < -0.39 is 0 Å². The van der Waals surface area contributed by atoms with Gasteiger partial charge in [-0.25, -0.2) is 0 Å². The first kappa shape index (κ1) is 29.0. The van der Waals surface area contributed by atoms with E-state index in [0.29, 0.717) is 0 Å². The molecule has 0 saturated carbocycles. The molecule has 3 atom stereocenters. The fraction of sp³-hybridized carbons (Fsp3) is 0.0667. The molecule has 5 heteroatoms. The molecular formula is C45H34N4O. The normalized spacial score (nSPS) is 18.0. The molecule has 1 aliphatic heterocycles. The Labute approximate surface area is 289 Å². The minimum absolute atomic E-state index is 0.0695. The van der Waals surface area contributed by atoms with Crippen molar-refractivity contribution in [1.82, 2.24) is 20.5 Å². The van der Waals surface area contributed by atoms with Crippen LogP contribution in [0.1, 0.15) is 35.2 Å². The standard InChI is InChI=1S/C45H34N4O/c1-3-13-29(14-4-1)31-17-11-18-32(27-31)44-46-43(30-15-5-2-6-16-30)47-45(48-44)33-19-12-20-34(28-33)49-39-23-9-7-21-35(39)37-25-26-38-36-22-8-10-24-40(36)50-42(38)41(37)49/h1-28,43-48H. The maximum Gasteiger partial charge on any atom is 0.160 e. The summed E-state index contributed by atoms with van der Waals surface area (Å²) in [5.74, 6) is 0. The van der Waals surface area contributed by atoms with Crippen molar-refractivity contribution in [3.63, 3.8) is 0 Å². The van der Waals surface area contributed by atoms with Gasteiger partial charge in [0, 0.05) is 27.2 Å². The summed E-state index contributed by atoms with van der Waals surface area (Å²) in [6.45, 7) is 0. The molecule has 0 radical (unpaired) electrons. The molecule has 0 bridgehead atoms. The lowest BCUT2D eigenvalue weighted by molar-refractivity contribution is 0.203. The van der Waals surface area contributed by atoms with E-state index in [-0.39, 0.29) is 18.5 Å². The highest BCUT2D eigenvalue weighted by Crippen LogP contribution is 2.40. The van der Waals surface area contributed by atoms with Crippen LogP contribution in [-0.2, 0) is 0 Å². The van der Waals surface area contributed by atoms with Gasteiger partial charge >= 0.3 is 0 Å². The Morgan fingerprint density at radius 1 is 0.420 bits per heavy atom. The SMILES string of the molecule is c1ccc(-c2cccc(C3NC(c4ccccc4)NC(c4cccc(-n5c6ccccc6c6ccc7c8ccccc8oc7c65)c4)N3)c2)cc1. The Bertz CT molecular complexity index is 2660. The Kier molecular flexibility index (Phi) is 6.88. The topological polar surface area (TPSA) is 54.2 Å². The van der Waals surface area contributed by atoms with E-state index in [1.54, 1.807) is 0 Å². The number of nitrogens with zero attached hydrogens (tertiary/aromatic N) is 1. The molecule has 50 heavy (non-hydrogen) atoms. The van der Waals surface area contributed by atoms with E-state index in [0.717, 1.165) is 44.2 Å². The number of hydrogen-bond acceptors (Lipinski definition) is 4. The predicted octanol–water partition coefficient (Wildman–Crippen LogP) is 10.5. The molecule has 7 aromatic carbocycles. The summed E-state index contributed by atoms with van der Waals surface area (Å²) in [7, 11) is 0. The zero-order chi connectivity index (χ0) is 33.0. The van der Waals surface area contributed by atoms with Gasteiger partial charge in [0.15, 0.2) is 5.58 Å². The van der Waals surface area contributed by atoms with Gasteiger partial charge in [-0.05, 0) is 64.2 Å². The third-order valence-electron chi connectivity index (χ3n) is 10.1. The monoisotopic (exact) mass is 646 g/mol. The Morgan fingerprint density at radius 2 is 1.00 bits per heavy atom. The first-order valence-corrected chi connectivity index (χ1v) is 17.2. The van der Waals surface area contributed by atoms with E-state index in [1.807, 2.05) is 6.07 Å². The third-order valence-corrected chi connectivity index (χ3v) is 10.1. The summed E-state index contributed by atoms with van der Waals surface area (Å²) in [4.78, 5) is 0. The van der Waals surface area contributed by atoms with Crippen molar-refractivity contribution in [2.75, 3.05) is 0 Å². The fourth-order valence-electron chi connectivity index (χ4n) is 7.74. The molecule has 1 fully saturated rings. The molecule has 5 nitrogen and oxygen atoms in total. The average molecular weight is 647 g/mol. The van der Waals surface area contributed by atoms with Crippen molar-refractivity contribution in [2.24, 2.45) is 0 Å². The van der Waals surface area contributed by atoms with Gasteiger partial charge in [0.1, 0.15) is 5.58 Å². The Morgan fingerprint density at radius 3 is 1.80 bits per heavy atom. The fourth-order valence-corrected chi connectivity index (χ4v) is 7.74. The van der Waals surface area contributed by atoms with Crippen LogP contribution in [-0.4, -0.2) is 4.57 Å². The molecule has 0 spiro atoms. The third kappa shape index (κ3) is 4.83. The lowest BCUT2D eigenvalue weighted by Gasteiger charge is -2.40. The molecule has 10 rings (SSSR count). The first-order chi connectivity index (χ1) is 24.8. The maximum absolute atomic E-state index is 6.62. The van der Waals surface area contributed by atoms with Crippen LogP contribution in [0.15, 0.2) is 174 Å². The van der Waals surface area contributed by atoms with Crippen LogP contribution in [0.4, 0.5) is 0 Å². The highest BCUT2D eigenvalue weighted by Gasteiger charge is 2.30. The summed E-state index contributed by atoms with van der Waals surface area (Å²) >= 11 is 0. The van der Waals surface area contributed by atoms with Crippen LogP contribution >= 0.6 is 0 Å². The molecule has 240 valence electrons. The van der Waals surface area contributed by atoms with Crippen LogP contribution in [0, 0.1) is 0 Å². The van der Waals surface area contributed by atoms with Gasteiger partial charge in [0.25, 0.3) is 0 Å². The lowest BCUT2D eigenvalue weighted by Crippen LogP contribution is -2.54. The van der Waals surface area contributed by atoms with Crippen molar-refractivity contribution in [3.05, 3.63) is 187 Å². The van der Waals surface area contributed by atoms with E-state index in [1.165, 1.54) is 33.0 Å². The quantitative estimate of drug-likeness (QED) is 0.174. The van der Waals surface area contributed by atoms with Crippen molar-refractivity contribution >= 4 is 43.7 Å². The zero-order valence-electron chi connectivity index (χ0n) is 27.3. The van der Waals surface area contributed by atoms with Crippen molar-refractivity contribution < 1.29 is 4.42 Å². The summed E-state index contributed by atoms with van der Waals surface area (Å²) < 4.78 is 8.99. The minimum Gasteiger partial charge on any atom is -0.454 e. The van der Waals surface area contributed by atoms with Gasteiger partial charge in [-0.2, -0.15) is 0 Å². The van der Waals surface area contributed by atoms with Crippen LogP contribution in [0.3, 0.4) is 0 Å². The summed E-state index contributed by atoms with van der Waals surface area (Å²) in [5.41, 5.74) is 11.1. The Balaban J connectivity index is 1.10. The molecule has 3 unspecified atom stereocenters. The number of fused-ring (bicyclic) bond motifs is 7. The molecule has 9 aromatic rings. The number of para-hydroxylation sites is 2. The zero-order valence-corrected chi connectivity index (χ0v) is 27.3. The van der Waals surface area contributed by atoms with Crippen LogP contribution < -0.4 is 16.0 Å². The molecule has 1 saturated heterocycles. The van der Waals surface area contributed by atoms with E-state index >= 15 is 0 Å². The minimum atomic E-state index is -0.133. The van der Waals surface area contributed by atoms with E-state index in [9.17, 15) is 0 Å². The summed E-state index contributed by atoms with van der Waals surface area (Å²) in [6, 6.07) is 60.3. The number of rotatable bonds is 5. The number of aromatic nitrogens is 1. The molecule has 2 aromatic heterocycles. The van der Waals surface area contributed by atoms with E-state index in [4.69, 9.17) is 4.42 Å². The van der Waals surface area contributed by atoms with Gasteiger partial charge in [0.05, 0.1) is 29.5 Å². The number of benzene rings is 7. The molecule has 3 heterocycles. The average Bonchev–Trinajstić information content (AvgIpc) is 3.75.